The summed E-state index contributed by atoms with van der Waals surface area (Å²) in [6.45, 7) is 1.94. The fourth-order valence-corrected chi connectivity index (χ4v) is 2.03. The van der Waals surface area contributed by atoms with Crippen LogP contribution in [0.25, 0.3) is 0 Å². The highest BCUT2D eigenvalue weighted by Crippen LogP contribution is 2.24. The number of pyridine rings is 1. The van der Waals surface area contributed by atoms with E-state index < -0.39 is 5.97 Å². The monoisotopic (exact) mass is 257 g/mol. The molecule has 1 atom stereocenters. The first-order valence-electron chi connectivity index (χ1n) is 6.00. The summed E-state index contributed by atoms with van der Waals surface area (Å²) in [5.41, 5.74) is 1.75. The smallest absolute Gasteiger partial charge is 0.339 e. The van der Waals surface area contributed by atoms with E-state index in [2.05, 4.69) is 4.98 Å². The third-order valence-corrected chi connectivity index (χ3v) is 3.09. The van der Waals surface area contributed by atoms with E-state index in [-0.39, 0.29) is 11.5 Å². The minimum atomic E-state index is -0.450. The highest BCUT2D eigenvalue weighted by molar-refractivity contribution is 5.90. The molecule has 0 bridgehead atoms. The van der Waals surface area contributed by atoms with Crippen molar-refractivity contribution in [2.24, 2.45) is 0 Å². The number of hydrogen-bond donors (Lipinski definition) is 1. The number of hydrogen-bond acceptors (Lipinski definition) is 3. The first-order valence-corrected chi connectivity index (χ1v) is 6.00. The summed E-state index contributed by atoms with van der Waals surface area (Å²) in [6, 6.07) is 12.5. The fourth-order valence-electron chi connectivity index (χ4n) is 2.03. The van der Waals surface area contributed by atoms with Crippen LogP contribution in [0.15, 0.2) is 47.3 Å². The Kier molecular flexibility index (Phi) is 3.80. The lowest BCUT2D eigenvalue weighted by Gasteiger charge is -2.15. The zero-order valence-electron chi connectivity index (χ0n) is 10.8. The zero-order chi connectivity index (χ0) is 13.8. The van der Waals surface area contributed by atoms with Crippen molar-refractivity contribution in [3.63, 3.8) is 0 Å². The Labute approximate surface area is 111 Å². The van der Waals surface area contributed by atoms with Gasteiger partial charge in [0.25, 0.3) is 0 Å². The molecular formula is C15H15NO3. The molecule has 0 amide bonds. The molecule has 1 aromatic carbocycles. The molecule has 0 aliphatic rings. The molecule has 4 nitrogen and oxygen atoms in total. The molecule has 0 aliphatic heterocycles. The van der Waals surface area contributed by atoms with Crippen molar-refractivity contribution in [2.75, 3.05) is 7.11 Å². The van der Waals surface area contributed by atoms with Gasteiger partial charge in [0, 0.05) is 17.7 Å². The average molecular weight is 257 g/mol. The van der Waals surface area contributed by atoms with Crippen LogP contribution in [-0.2, 0) is 4.74 Å². The topological polar surface area (TPSA) is 59.2 Å². The Morgan fingerprint density at radius 2 is 1.84 bits per heavy atom. The second-order valence-electron chi connectivity index (χ2n) is 4.27. The van der Waals surface area contributed by atoms with Crippen LogP contribution >= 0.6 is 0 Å². The maximum atomic E-state index is 11.7. The number of ether oxygens (including phenoxy) is 1. The van der Waals surface area contributed by atoms with E-state index in [1.54, 1.807) is 0 Å². The van der Waals surface area contributed by atoms with E-state index >= 15 is 0 Å². The van der Waals surface area contributed by atoms with Gasteiger partial charge in [0.2, 0.25) is 5.56 Å². The van der Waals surface area contributed by atoms with Gasteiger partial charge in [-0.3, -0.25) is 4.79 Å². The van der Waals surface area contributed by atoms with Crippen molar-refractivity contribution in [1.82, 2.24) is 4.98 Å². The van der Waals surface area contributed by atoms with E-state index in [9.17, 15) is 9.59 Å². The number of carbonyl (C=O) groups excluding carboxylic acids is 1. The molecule has 0 saturated carbocycles. The van der Waals surface area contributed by atoms with Crippen LogP contribution < -0.4 is 5.56 Å². The SMILES string of the molecule is COC(=O)c1ccc(=O)[nH]c1C(C)c1ccccc1. The molecule has 2 aromatic rings. The molecule has 19 heavy (non-hydrogen) atoms. The van der Waals surface area contributed by atoms with Gasteiger partial charge in [-0.15, -0.1) is 0 Å². The number of rotatable bonds is 3. The van der Waals surface area contributed by atoms with Crippen LogP contribution in [0.3, 0.4) is 0 Å². The third kappa shape index (κ3) is 2.73. The lowest BCUT2D eigenvalue weighted by Crippen LogP contribution is -2.17. The number of carbonyl (C=O) groups is 1. The van der Waals surface area contributed by atoms with Crippen LogP contribution in [0.1, 0.15) is 34.5 Å². The molecule has 0 radical (unpaired) electrons. The lowest BCUT2D eigenvalue weighted by molar-refractivity contribution is 0.0598. The largest absolute Gasteiger partial charge is 0.465 e. The quantitative estimate of drug-likeness (QED) is 0.858. The fraction of sp³-hybridized carbons (Fsp3) is 0.200. The zero-order valence-corrected chi connectivity index (χ0v) is 10.8. The highest BCUT2D eigenvalue weighted by Gasteiger charge is 2.18. The minimum absolute atomic E-state index is 0.0933. The summed E-state index contributed by atoms with van der Waals surface area (Å²) in [6.07, 6.45) is 0. The molecule has 2 rings (SSSR count). The number of nitrogens with one attached hydrogen (secondary N) is 1. The molecule has 1 unspecified atom stereocenters. The van der Waals surface area contributed by atoms with Gasteiger partial charge >= 0.3 is 5.97 Å². The molecule has 0 fully saturated rings. The Morgan fingerprint density at radius 3 is 2.47 bits per heavy atom. The normalized spacial score (nSPS) is 11.9. The van der Waals surface area contributed by atoms with E-state index in [1.807, 2.05) is 37.3 Å². The Hall–Kier alpha value is -2.36. The summed E-state index contributed by atoms with van der Waals surface area (Å²) in [5, 5.41) is 0. The summed E-state index contributed by atoms with van der Waals surface area (Å²) in [7, 11) is 1.32. The summed E-state index contributed by atoms with van der Waals surface area (Å²) < 4.78 is 4.74. The average Bonchev–Trinajstić information content (AvgIpc) is 2.46. The summed E-state index contributed by atoms with van der Waals surface area (Å²) in [5.74, 6) is -0.543. The van der Waals surface area contributed by atoms with Crippen LogP contribution in [0.5, 0.6) is 0 Å². The van der Waals surface area contributed by atoms with Gasteiger partial charge in [-0.25, -0.2) is 4.79 Å². The number of aromatic amines is 1. The lowest BCUT2D eigenvalue weighted by atomic mass is 9.94. The molecule has 1 aromatic heterocycles. The second-order valence-corrected chi connectivity index (χ2v) is 4.27. The molecule has 0 aliphatic carbocycles. The molecule has 1 heterocycles. The number of esters is 1. The van der Waals surface area contributed by atoms with Gasteiger partial charge in [0.1, 0.15) is 0 Å². The number of benzene rings is 1. The van der Waals surface area contributed by atoms with E-state index in [0.717, 1.165) is 5.56 Å². The van der Waals surface area contributed by atoms with Crippen molar-refractivity contribution in [3.05, 3.63) is 69.6 Å². The second kappa shape index (κ2) is 5.52. The third-order valence-electron chi connectivity index (χ3n) is 3.09. The van der Waals surface area contributed by atoms with Gasteiger partial charge in [-0.1, -0.05) is 37.3 Å². The Bertz CT molecular complexity index is 631. The first-order chi connectivity index (χ1) is 9.13. The maximum absolute atomic E-state index is 11.7. The van der Waals surface area contributed by atoms with Gasteiger partial charge in [-0.2, -0.15) is 0 Å². The van der Waals surface area contributed by atoms with Crippen LogP contribution in [0.4, 0.5) is 0 Å². The predicted molar refractivity (Wildman–Crippen MR) is 72.4 cm³/mol. The van der Waals surface area contributed by atoms with Crippen molar-refractivity contribution < 1.29 is 9.53 Å². The maximum Gasteiger partial charge on any atom is 0.339 e. The van der Waals surface area contributed by atoms with Gasteiger partial charge in [0.05, 0.1) is 12.7 Å². The number of methoxy groups -OCH3 is 1. The first kappa shape index (κ1) is 13.1. The Morgan fingerprint density at radius 1 is 1.16 bits per heavy atom. The van der Waals surface area contributed by atoms with E-state index in [1.165, 1.54) is 19.2 Å². The predicted octanol–water partition coefficient (Wildman–Crippen LogP) is 2.31. The molecule has 98 valence electrons. The summed E-state index contributed by atoms with van der Waals surface area (Å²) in [4.78, 5) is 26.0. The Balaban J connectivity index is 2.52. The van der Waals surface area contributed by atoms with E-state index in [4.69, 9.17) is 4.74 Å². The van der Waals surface area contributed by atoms with E-state index in [0.29, 0.717) is 11.3 Å². The minimum Gasteiger partial charge on any atom is -0.465 e. The van der Waals surface area contributed by atoms with Gasteiger partial charge < -0.3 is 9.72 Å². The van der Waals surface area contributed by atoms with Crippen LogP contribution in [0.2, 0.25) is 0 Å². The van der Waals surface area contributed by atoms with Crippen molar-refractivity contribution in [2.45, 2.75) is 12.8 Å². The highest BCUT2D eigenvalue weighted by atomic mass is 16.5. The van der Waals surface area contributed by atoms with Gasteiger partial charge in [0.15, 0.2) is 0 Å². The molecule has 4 heteroatoms. The van der Waals surface area contributed by atoms with Crippen molar-refractivity contribution >= 4 is 5.97 Å². The van der Waals surface area contributed by atoms with Crippen LogP contribution in [-0.4, -0.2) is 18.1 Å². The number of H-pyrrole nitrogens is 1. The molecular weight excluding hydrogens is 242 g/mol. The van der Waals surface area contributed by atoms with Crippen molar-refractivity contribution in [3.8, 4) is 0 Å². The van der Waals surface area contributed by atoms with Gasteiger partial charge in [-0.05, 0) is 11.6 Å². The summed E-state index contributed by atoms with van der Waals surface area (Å²) >= 11 is 0. The number of aromatic nitrogens is 1. The van der Waals surface area contributed by atoms with Crippen molar-refractivity contribution in [1.29, 1.82) is 0 Å². The standard InChI is InChI=1S/C15H15NO3/c1-10(11-6-4-3-5-7-11)14-12(15(18)19-2)8-9-13(17)16-14/h3-10H,1-2H3,(H,16,17). The molecule has 0 spiro atoms. The molecule has 0 saturated heterocycles. The van der Waals surface area contributed by atoms with Crippen LogP contribution in [0, 0.1) is 0 Å². The molecule has 1 N–H and O–H groups in total.